The first-order valence-corrected chi connectivity index (χ1v) is 18.8. The van der Waals surface area contributed by atoms with Gasteiger partial charge in [0.15, 0.2) is 0 Å². The Morgan fingerprint density at radius 2 is 1.86 bits per heavy atom. The number of sulfone groups is 1. The zero-order chi connectivity index (χ0) is 36.1. The van der Waals surface area contributed by atoms with E-state index < -0.39 is 45.2 Å². The number of unbranched alkanes of at least 4 members (excludes halogenated alkanes) is 1. The first-order valence-electron chi connectivity index (χ1n) is 17.0. The van der Waals surface area contributed by atoms with E-state index in [-0.39, 0.29) is 66.8 Å². The maximum absolute atomic E-state index is 16.0. The summed E-state index contributed by atoms with van der Waals surface area (Å²) >= 11 is 0. The summed E-state index contributed by atoms with van der Waals surface area (Å²) in [4.78, 5) is 35.0. The summed E-state index contributed by atoms with van der Waals surface area (Å²) in [6.45, 7) is 6.45. The number of allylic oxidation sites excluding steroid dienone is 1. The van der Waals surface area contributed by atoms with E-state index in [1.165, 1.54) is 23.0 Å². The minimum atomic E-state index is -3.53. The average Bonchev–Trinajstić information content (AvgIpc) is 3.08. The van der Waals surface area contributed by atoms with E-state index >= 15 is 13.2 Å². The molecular formula is C35H44F3N5O6S. The van der Waals surface area contributed by atoms with Gasteiger partial charge in [-0.15, -0.1) is 6.58 Å². The molecule has 0 bridgehead atoms. The van der Waals surface area contributed by atoms with Crippen molar-refractivity contribution in [2.45, 2.75) is 76.3 Å². The number of piperidine rings is 1. The van der Waals surface area contributed by atoms with Gasteiger partial charge in [-0.25, -0.2) is 36.4 Å². The van der Waals surface area contributed by atoms with E-state index in [1.54, 1.807) is 13.0 Å². The number of alkyl halides is 2. The number of nitrogens with one attached hydrogen (secondary N) is 1. The van der Waals surface area contributed by atoms with Gasteiger partial charge in [-0.3, -0.25) is 9.36 Å². The van der Waals surface area contributed by atoms with Gasteiger partial charge in [0.2, 0.25) is 0 Å². The summed E-state index contributed by atoms with van der Waals surface area (Å²) < 4.78 is 79.1. The molecule has 1 aromatic carbocycles. The largest absolute Gasteiger partial charge is 0.465 e. The van der Waals surface area contributed by atoms with E-state index in [1.807, 2.05) is 6.08 Å². The summed E-state index contributed by atoms with van der Waals surface area (Å²) in [5, 5.41) is 12.8. The first-order chi connectivity index (χ1) is 23.8. The van der Waals surface area contributed by atoms with Crippen LogP contribution in [-0.2, 0) is 27.0 Å². The van der Waals surface area contributed by atoms with Gasteiger partial charge in [0, 0.05) is 49.9 Å². The molecule has 0 spiro atoms. The molecule has 0 aliphatic carbocycles. The zero-order valence-electron chi connectivity index (χ0n) is 28.1. The number of amides is 1. The molecule has 15 heteroatoms. The number of rotatable bonds is 14. The predicted molar refractivity (Wildman–Crippen MR) is 184 cm³/mol. The number of hydrogen-bond acceptors (Lipinski definition) is 8. The lowest BCUT2D eigenvalue weighted by atomic mass is 9.85. The first kappa shape index (κ1) is 37.3. The van der Waals surface area contributed by atoms with Gasteiger partial charge in [0.05, 0.1) is 28.5 Å². The average molecular weight is 720 g/mol. The lowest BCUT2D eigenvalue weighted by molar-refractivity contribution is -0.0861. The number of ether oxygens (including phenoxy) is 1. The third-order valence-corrected chi connectivity index (χ3v) is 11.5. The van der Waals surface area contributed by atoms with Crippen LogP contribution >= 0.6 is 0 Å². The van der Waals surface area contributed by atoms with Crippen LogP contribution in [0.15, 0.2) is 48.0 Å². The molecule has 1 amide bonds. The molecule has 5 rings (SSSR count). The van der Waals surface area contributed by atoms with Gasteiger partial charge in [0.25, 0.3) is 11.5 Å². The highest BCUT2D eigenvalue weighted by atomic mass is 32.2. The van der Waals surface area contributed by atoms with Gasteiger partial charge in [0.1, 0.15) is 33.4 Å². The summed E-state index contributed by atoms with van der Waals surface area (Å²) in [5.41, 5.74) is -0.281. The van der Waals surface area contributed by atoms with Gasteiger partial charge in [-0.05, 0) is 63.9 Å². The van der Waals surface area contributed by atoms with Crippen LogP contribution in [0.4, 0.5) is 23.8 Å². The zero-order valence-corrected chi connectivity index (χ0v) is 28.9. The van der Waals surface area contributed by atoms with Crippen molar-refractivity contribution in [2.24, 2.45) is 5.92 Å². The Balaban J connectivity index is 1.44. The number of fused-ring (bicyclic) bond motifs is 1. The van der Waals surface area contributed by atoms with E-state index in [9.17, 15) is 23.1 Å². The number of nitrogens with zero attached hydrogens (tertiary/aromatic N) is 4. The van der Waals surface area contributed by atoms with Crippen LogP contribution in [0.25, 0.3) is 11.0 Å². The number of hydrogen-bond donors (Lipinski definition) is 2. The molecule has 3 aromatic rings. The van der Waals surface area contributed by atoms with Crippen molar-refractivity contribution < 1.29 is 36.2 Å². The van der Waals surface area contributed by atoms with Crippen LogP contribution in [0.2, 0.25) is 0 Å². The highest BCUT2D eigenvalue weighted by molar-refractivity contribution is 7.91. The monoisotopic (exact) mass is 719 g/mol. The number of aromatic nitrogens is 3. The molecule has 2 aromatic heterocycles. The molecule has 2 fully saturated rings. The molecule has 0 unspecified atom stereocenters. The second-order valence-corrected chi connectivity index (χ2v) is 15.4. The number of likely N-dealkylation sites (tertiary alicyclic amines) is 1. The Bertz CT molecular complexity index is 1850. The second kappa shape index (κ2) is 15.9. The van der Waals surface area contributed by atoms with Gasteiger partial charge in [-0.2, -0.15) is 0 Å². The maximum Gasteiger partial charge on any atom is 0.407 e. The van der Waals surface area contributed by atoms with E-state index in [2.05, 4.69) is 21.9 Å². The fourth-order valence-corrected chi connectivity index (χ4v) is 8.35. The molecule has 0 saturated carbocycles. The number of anilines is 1. The summed E-state index contributed by atoms with van der Waals surface area (Å²) in [6.07, 6.45) is 4.50. The number of pyridine rings is 1. The molecule has 2 aliphatic heterocycles. The molecule has 2 aliphatic rings. The fourth-order valence-electron chi connectivity index (χ4n) is 6.85. The second-order valence-electron chi connectivity index (χ2n) is 13.1. The Labute approximate surface area is 289 Å². The van der Waals surface area contributed by atoms with Crippen LogP contribution in [0.5, 0.6) is 0 Å². The number of halogens is 3. The molecule has 272 valence electrons. The van der Waals surface area contributed by atoms with Crippen LogP contribution < -0.4 is 10.9 Å². The number of carboxylic acid groups (broad SMARTS) is 1. The molecule has 11 nitrogen and oxygen atoms in total. The number of aryl methyl sites for hydroxylation is 1. The molecule has 0 radical (unpaired) electrons. The van der Waals surface area contributed by atoms with Gasteiger partial charge < -0.3 is 20.1 Å². The van der Waals surface area contributed by atoms with Crippen molar-refractivity contribution in [1.29, 1.82) is 0 Å². The minimum absolute atomic E-state index is 0.0171. The van der Waals surface area contributed by atoms with E-state index in [0.29, 0.717) is 49.1 Å². The van der Waals surface area contributed by atoms with Crippen LogP contribution in [0.3, 0.4) is 0 Å². The highest BCUT2D eigenvalue weighted by Gasteiger charge is 2.45. The summed E-state index contributed by atoms with van der Waals surface area (Å²) in [6, 6.07) is 4.68. The van der Waals surface area contributed by atoms with Gasteiger partial charge >= 0.3 is 6.09 Å². The van der Waals surface area contributed by atoms with Crippen molar-refractivity contribution in [3.63, 3.8) is 0 Å². The Kier molecular flexibility index (Phi) is 11.9. The molecule has 50 heavy (non-hydrogen) atoms. The third-order valence-electron chi connectivity index (χ3n) is 9.76. The van der Waals surface area contributed by atoms with Crippen LogP contribution in [0.1, 0.15) is 80.5 Å². The fraction of sp³-hybridized carbons (Fsp3) is 0.543. The third kappa shape index (κ3) is 8.31. The molecule has 2 saturated heterocycles. The standard InChI is InChI=1S/C35H44F3N5O6S/c1-3-4-5-17-49-18-7-14-43-32-28(21-27(33(43)44)24-12-19-50(47,48)20-13-24)31(39-22-40-32)41-23(2)26-8-6-9-29(30(26)36)35(37,38)25-10-15-42(16-11-25)34(45)46/h3,6,8-9,21-25H,1,4-5,7,10-20H2,2H3,(H,45,46)(H,39,40,41)/t23-/m1/s1. The van der Waals surface area contributed by atoms with Crippen molar-refractivity contribution in [2.75, 3.05) is 43.1 Å². The van der Waals surface area contributed by atoms with Gasteiger partial charge in [-0.1, -0.05) is 24.3 Å². The normalized spacial score (nSPS) is 17.9. The quantitative estimate of drug-likeness (QED) is 0.146. The van der Waals surface area contributed by atoms with E-state index in [4.69, 9.17) is 4.74 Å². The number of benzene rings is 1. The van der Waals surface area contributed by atoms with Crippen molar-refractivity contribution in [3.8, 4) is 0 Å². The SMILES string of the molecule is C=CCCCOCCCn1c(=O)c(C2CCS(=O)(=O)CC2)cc2c(N[C@H](C)c3cccc(C(F)(F)C4CCN(C(=O)O)CC4)c3F)ncnc21. The van der Waals surface area contributed by atoms with Crippen molar-refractivity contribution in [1.82, 2.24) is 19.4 Å². The molecular weight excluding hydrogens is 675 g/mol. The van der Waals surface area contributed by atoms with Crippen molar-refractivity contribution in [3.05, 3.63) is 76.1 Å². The Morgan fingerprint density at radius 1 is 1.16 bits per heavy atom. The summed E-state index contributed by atoms with van der Waals surface area (Å²) in [7, 11) is -3.19. The predicted octanol–water partition coefficient (Wildman–Crippen LogP) is 6.25. The lowest BCUT2D eigenvalue weighted by Gasteiger charge is -2.35. The molecule has 4 heterocycles. The smallest absolute Gasteiger partial charge is 0.407 e. The number of carbonyl (C=O) groups is 1. The highest BCUT2D eigenvalue weighted by Crippen LogP contribution is 2.44. The molecule has 2 N–H and O–H groups in total. The van der Waals surface area contributed by atoms with Crippen LogP contribution in [0, 0.1) is 11.7 Å². The Morgan fingerprint density at radius 3 is 2.54 bits per heavy atom. The molecule has 1 atom stereocenters. The van der Waals surface area contributed by atoms with E-state index in [0.717, 1.165) is 23.8 Å². The van der Waals surface area contributed by atoms with Crippen LogP contribution in [-0.4, -0.2) is 76.9 Å². The summed E-state index contributed by atoms with van der Waals surface area (Å²) in [5.74, 6) is -5.91. The van der Waals surface area contributed by atoms with Crippen molar-refractivity contribution >= 4 is 32.8 Å². The maximum atomic E-state index is 16.0. The topological polar surface area (TPSA) is 144 Å². The Hall–Kier alpha value is -3.98. The minimum Gasteiger partial charge on any atom is -0.465 e. The lowest BCUT2D eigenvalue weighted by Crippen LogP contribution is -2.42.